The Hall–Kier alpha value is -9.50. The summed E-state index contributed by atoms with van der Waals surface area (Å²) in [6.07, 6.45) is 1.67. The van der Waals surface area contributed by atoms with E-state index in [2.05, 4.69) is 72.8 Å². The number of benzene rings is 1. The number of carboxylic acid groups (broad SMARTS) is 1. The van der Waals surface area contributed by atoms with Gasteiger partial charge in [-0.1, -0.05) is 87.4 Å². The van der Waals surface area contributed by atoms with Crippen molar-refractivity contribution >= 4 is 93.9 Å². The molecular formula is C60H105N23O11. The maximum absolute atomic E-state index is 15.0. The fourth-order valence-electron chi connectivity index (χ4n) is 9.58. The molecule has 0 aliphatic rings. The lowest BCUT2D eigenvalue weighted by Crippen LogP contribution is -2.62. The molecule has 10 atom stereocenters. The number of H-pyrrole nitrogens is 1. The third-order valence-corrected chi connectivity index (χ3v) is 15.0. The summed E-state index contributed by atoms with van der Waals surface area (Å²) in [5.74, 6) is -12.1. The average Bonchev–Trinajstić information content (AvgIpc) is 1.61. The van der Waals surface area contributed by atoms with Crippen molar-refractivity contribution in [3.05, 3.63) is 36.0 Å². The van der Waals surface area contributed by atoms with E-state index in [4.69, 9.17) is 51.6 Å². The third-order valence-electron chi connectivity index (χ3n) is 15.0. The molecule has 94 heavy (non-hydrogen) atoms. The molecule has 34 nitrogen and oxygen atoms in total. The first-order valence-corrected chi connectivity index (χ1v) is 31.5. The zero-order valence-electron chi connectivity index (χ0n) is 55.8. The predicted octanol–water partition coefficient (Wildman–Crippen LogP) is -4.02. The number of hydrogen-bond donors (Lipinski definition) is 20. The van der Waals surface area contributed by atoms with E-state index in [0.29, 0.717) is 16.5 Å². The van der Waals surface area contributed by atoms with Crippen molar-refractivity contribution in [2.45, 2.75) is 187 Å². The number of nitrogens with one attached hydrogen (secondary N) is 10. The summed E-state index contributed by atoms with van der Waals surface area (Å²) in [5.41, 5.74) is 52.0. The molecule has 0 radical (unpaired) electrons. The lowest BCUT2D eigenvalue weighted by molar-refractivity contribution is -0.144. The summed E-state index contributed by atoms with van der Waals surface area (Å²) in [4.78, 5) is 160. The van der Waals surface area contributed by atoms with Crippen molar-refractivity contribution in [2.75, 3.05) is 26.2 Å². The van der Waals surface area contributed by atoms with E-state index in [0.717, 1.165) is 0 Å². The molecule has 2 rings (SSSR count). The molecule has 29 N–H and O–H groups in total. The molecule has 1 aromatic carbocycles. The Morgan fingerprint density at radius 2 is 0.681 bits per heavy atom. The molecule has 0 aliphatic carbocycles. The van der Waals surface area contributed by atoms with Gasteiger partial charge in [0.25, 0.3) is 0 Å². The van der Waals surface area contributed by atoms with Gasteiger partial charge < -0.3 is 110 Å². The average molecular weight is 1320 g/mol. The van der Waals surface area contributed by atoms with Gasteiger partial charge >= 0.3 is 5.97 Å². The van der Waals surface area contributed by atoms with Gasteiger partial charge in [0, 0.05) is 49.7 Å². The number of aromatic nitrogens is 1. The largest absolute Gasteiger partial charge is 0.480 e. The monoisotopic (exact) mass is 1320 g/mol. The number of carbonyl (C=O) groups excluding carboxylic acids is 9. The number of aliphatic imine (C=N–C) groups is 4. The summed E-state index contributed by atoms with van der Waals surface area (Å²) in [6, 6.07) is -6.02. The van der Waals surface area contributed by atoms with E-state index in [-0.39, 0.29) is 114 Å². The minimum Gasteiger partial charge on any atom is -0.480 e. The molecule has 9 amide bonds. The van der Waals surface area contributed by atoms with Crippen molar-refractivity contribution < 1.29 is 53.1 Å². The first kappa shape index (κ1) is 80.6. The van der Waals surface area contributed by atoms with Crippen LogP contribution in [0.5, 0.6) is 0 Å². The van der Waals surface area contributed by atoms with Crippen LogP contribution in [0.15, 0.2) is 50.4 Å². The van der Waals surface area contributed by atoms with E-state index in [1.807, 2.05) is 0 Å². The molecule has 1 heterocycles. The maximum Gasteiger partial charge on any atom is 0.326 e. The highest BCUT2D eigenvalue weighted by Crippen LogP contribution is 2.20. The Balaban J connectivity index is 2.69. The predicted molar refractivity (Wildman–Crippen MR) is 359 cm³/mol. The van der Waals surface area contributed by atoms with Crippen LogP contribution in [0.1, 0.15) is 126 Å². The van der Waals surface area contributed by atoms with Gasteiger partial charge in [0.15, 0.2) is 23.8 Å². The van der Waals surface area contributed by atoms with Crippen LogP contribution in [0.25, 0.3) is 10.9 Å². The van der Waals surface area contributed by atoms with Crippen molar-refractivity contribution in [1.82, 2.24) is 52.8 Å². The minimum atomic E-state index is -1.50. The number of carbonyl (C=O) groups is 10. The normalized spacial score (nSPS) is 14.5. The van der Waals surface area contributed by atoms with Crippen molar-refractivity contribution in [3.63, 3.8) is 0 Å². The summed E-state index contributed by atoms with van der Waals surface area (Å²) < 4.78 is 0. The van der Waals surface area contributed by atoms with Crippen LogP contribution in [0, 0.1) is 29.6 Å². The molecule has 0 bridgehead atoms. The van der Waals surface area contributed by atoms with Crippen molar-refractivity contribution in [2.24, 2.45) is 101 Å². The number of fused-ring (bicyclic) bond motifs is 1. The number of amides is 9. The lowest BCUT2D eigenvalue weighted by atomic mass is 9.98. The number of aromatic amines is 1. The molecule has 0 saturated heterocycles. The SMILES string of the molecule is CC(C)[C@H](N)C(=O)N[C@@H](CCCN=C(N)N)C(=O)N[C@H](C(=O)N[C@H](C(=O)N[C@@H](CCCN=C(N)N)C(=O)N[C@@H](CCCN=C(N)N)C(=O)N[C@@H](Cc1c[nH]c2ccccc12)C(=O)N[C@@H](CCCN=C(N)N)C(=O)N[C@H](C(=O)N[C@H](C(=O)O)C(C)C)C(C)C)C(C)C)C(C)C. The first-order valence-electron chi connectivity index (χ1n) is 31.5. The van der Waals surface area contributed by atoms with Crippen LogP contribution in [0.2, 0.25) is 0 Å². The summed E-state index contributed by atoms with van der Waals surface area (Å²) in [5, 5.41) is 34.7. The van der Waals surface area contributed by atoms with Gasteiger partial charge in [-0.3, -0.25) is 63.1 Å². The van der Waals surface area contributed by atoms with Crippen molar-refractivity contribution in [1.29, 1.82) is 0 Å². The van der Waals surface area contributed by atoms with E-state index in [1.165, 1.54) is 0 Å². The molecule has 526 valence electrons. The Bertz CT molecular complexity index is 2970. The molecule has 0 unspecified atom stereocenters. The fourth-order valence-corrected chi connectivity index (χ4v) is 9.58. The summed E-state index contributed by atoms with van der Waals surface area (Å²) >= 11 is 0. The number of aliphatic carboxylic acids is 1. The molecular weight excluding hydrogens is 1220 g/mol. The molecule has 0 fully saturated rings. The second kappa shape index (κ2) is 40.5. The number of carboxylic acids is 1. The van der Waals surface area contributed by atoms with Crippen molar-refractivity contribution in [3.8, 4) is 0 Å². The van der Waals surface area contributed by atoms with Gasteiger partial charge in [0.05, 0.1) is 6.04 Å². The Labute approximate surface area is 548 Å². The van der Waals surface area contributed by atoms with Crippen LogP contribution in [0.3, 0.4) is 0 Å². The van der Waals surface area contributed by atoms with Gasteiger partial charge in [-0.25, -0.2) is 4.79 Å². The van der Waals surface area contributed by atoms with Gasteiger partial charge in [0.2, 0.25) is 53.2 Å². The Morgan fingerprint density at radius 1 is 0.394 bits per heavy atom. The van der Waals surface area contributed by atoms with Gasteiger partial charge in [-0.2, -0.15) is 0 Å². The van der Waals surface area contributed by atoms with Crippen LogP contribution in [-0.4, -0.2) is 180 Å². The van der Waals surface area contributed by atoms with Crippen LogP contribution in [0.4, 0.5) is 0 Å². The zero-order chi connectivity index (χ0) is 71.1. The highest BCUT2D eigenvalue weighted by molar-refractivity contribution is 5.99. The Kier molecular flexibility index (Phi) is 34.7. The number of para-hydroxylation sites is 1. The van der Waals surface area contributed by atoms with E-state index in [9.17, 15) is 53.1 Å². The van der Waals surface area contributed by atoms with E-state index >= 15 is 0 Å². The first-order chi connectivity index (χ1) is 44.1. The summed E-state index contributed by atoms with van der Waals surface area (Å²) in [6.45, 7) is 16.7. The van der Waals surface area contributed by atoms with Crippen LogP contribution >= 0.6 is 0 Å². The molecule has 1 aromatic heterocycles. The number of hydrogen-bond acceptors (Lipinski definition) is 15. The zero-order valence-corrected chi connectivity index (χ0v) is 55.8. The standard InChI is InChI=1S/C60H105N23O11/c1-29(2)42(61)52(89)77-40(22-16-26-73-60(68)69)50(87)80-44(31(5)6)54(91)82-43(30(3)4)53(90)78-38(20-14-24-71-58(64)65)47(84)75-37(19-13-23-70-57(62)63)48(85)79-41(27-34-28-74-36-18-12-11-17-35(34)36)51(88)76-39(21-15-25-72-59(66)67)49(86)81-45(32(7)8)55(92)83-46(33(9)10)56(93)94/h11-12,17-18,28-33,37-46,74H,13-16,19-27,61H2,1-10H3,(H,75,84)(H,76,88)(H,77,89)(H,78,90)(H,79,85)(H,80,87)(H,81,86)(H,82,91)(H,83,92)(H,93,94)(H4,62,63,70)(H4,64,65,71)(H4,66,67,72)(H4,68,69,73)/t37-,38-,39-,40-,41-,42-,43-,44-,45-,46-/m0/s1. The second-order valence-electron chi connectivity index (χ2n) is 24.7. The smallest absolute Gasteiger partial charge is 0.326 e. The van der Waals surface area contributed by atoms with Gasteiger partial charge in [0.1, 0.15) is 54.4 Å². The highest BCUT2D eigenvalue weighted by Gasteiger charge is 2.38. The number of rotatable bonds is 42. The third kappa shape index (κ3) is 28.6. The molecule has 0 aliphatic heterocycles. The maximum atomic E-state index is 15.0. The van der Waals surface area contributed by atoms with Gasteiger partial charge in [-0.15, -0.1) is 0 Å². The molecule has 0 spiro atoms. The second-order valence-corrected chi connectivity index (χ2v) is 24.7. The lowest BCUT2D eigenvalue weighted by Gasteiger charge is -2.30. The molecule has 0 saturated carbocycles. The highest BCUT2D eigenvalue weighted by atomic mass is 16.4. The van der Waals surface area contributed by atoms with E-state index in [1.54, 1.807) is 99.7 Å². The Morgan fingerprint density at radius 3 is 1.02 bits per heavy atom. The van der Waals surface area contributed by atoms with Crippen LogP contribution < -0.4 is 99.5 Å². The fraction of sp³-hybridized carbons (Fsp3) is 0.633. The number of nitrogens with two attached hydrogens (primary N) is 9. The molecule has 2 aromatic rings. The number of nitrogens with zero attached hydrogens (tertiary/aromatic N) is 4. The minimum absolute atomic E-state index is 0.00372. The topological polar surface area (TPSA) is 599 Å². The van der Waals surface area contributed by atoms with Gasteiger partial charge in [-0.05, 0) is 92.6 Å². The number of guanidine groups is 4. The molecule has 34 heteroatoms. The quantitative estimate of drug-likeness (QED) is 0.0171. The van der Waals surface area contributed by atoms with Crippen LogP contribution in [-0.2, 0) is 54.4 Å². The summed E-state index contributed by atoms with van der Waals surface area (Å²) in [7, 11) is 0. The van der Waals surface area contributed by atoms with E-state index < -0.39 is 143 Å².